The minimum Gasteiger partial charge on any atom is -0.385 e. The molecular weight excluding hydrogens is 221 g/mol. The number of nitrogens with two attached hydrogens (primary N) is 1. The lowest BCUT2D eigenvalue weighted by Crippen LogP contribution is -2.31. The first kappa shape index (κ1) is 13.8. The molecule has 94 valence electrons. The molecule has 2 N–H and O–H groups in total. The Hall–Kier alpha value is -1.26. The second-order valence-corrected chi connectivity index (χ2v) is 4.07. The molecule has 4 heteroatoms. The number of Topliss-reactive ketones (excluding diaryl/α,β-unsaturated/α-hetero) is 1. The van der Waals surface area contributed by atoms with Crippen LogP contribution >= 0.6 is 0 Å². The fourth-order valence-electron chi connectivity index (χ4n) is 1.68. The van der Waals surface area contributed by atoms with Gasteiger partial charge in [-0.05, 0) is 43.5 Å². The summed E-state index contributed by atoms with van der Waals surface area (Å²) in [7, 11) is 1.61. The molecule has 0 bridgehead atoms. The van der Waals surface area contributed by atoms with Gasteiger partial charge in [-0.2, -0.15) is 0 Å². The lowest BCUT2D eigenvalue weighted by Gasteiger charge is -2.12. The van der Waals surface area contributed by atoms with Gasteiger partial charge in [-0.1, -0.05) is 0 Å². The van der Waals surface area contributed by atoms with Gasteiger partial charge in [-0.3, -0.25) is 4.79 Å². The zero-order valence-corrected chi connectivity index (χ0v) is 10.2. The predicted molar refractivity (Wildman–Crippen MR) is 64.6 cm³/mol. The van der Waals surface area contributed by atoms with E-state index < -0.39 is 6.04 Å². The SMILES string of the molecule is COCCCC(N)C(=O)c1ccc(F)cc1C. The summed E-state index contributed by atoms with van der Waals surface area (Å²) in [6, 6.07) is 3.56. The molecule has 0 saturated carbocycles. The van der Waals surface area contributed by atoms with Crippen LogP contribution in [0.3, 0.4) is 0 Å². The van der Waals surface area contributed by atoms with Crippen LogP contribution in [0.4, 0.5) is 4.39 Å². The van der Waals surface area contributed by atoms with Crippen LogP contribution in [0.25, 0.3) is 0 Å². The van der Waals surface area contributed by atoms with Crippen molar-refractivity contribution in [2.24, 2.45) is 5.73 Å². The zero-order chi connectivity index (χ0) is 12.8. The molecule has 0 radical (unpaired) electrons. The van der Waals surface area contributed by atoms with E-state index in [0.29, 0.717) is 24.2 Å². The number of halogens is 1. The maximum absolute atomic E-state index is 12.9. The molecule has 0 aliphatic heterocycles. The normalized spacial score (nSPS) is 12.5. The van der Waals surface area contributed by atoms with Crippen molar-refractivity contribution in [3.63, 3.8) is 0 Å². The molecule has 0 amide bonds. The van der Waals surface area contributed by atoms with Gasteiger partial charge in [0.25, 0.3) is 0 Å². The molecule has 0 aliphatic rings. The van der Waals surface area contributed by atoms with Gasteiger partial charge in [0.1, 0.15) is 5.82 Å². The predicted octanol–water partition coefficient (Wildman–Crippen LogP) is 2.07. The third-order valence-corrected chi connectivity index (χ3v) is 2.65. The second-order valence-electron chi connectivity index (χ2n) is 4.07. The molecule has 0 fully saturated rings. The van der Waals surface area contributed by atoms with Gasteiger partial charge < -0.3 is 10.5 Å². The highest BCUT2D eigenvalue weighted by Gasteiger charge is 2.17. The van der Waals surface area contributed by atoms with Crippen molar-refractivity contribution in [3.05, 3.63) is 35.1 Å². The van der Waals surface area contributed by atoms with E-state index in [4.69, 9.17) is 10.5 Å². The Labute approximate surface area is 101 Å². The summed E-state index contributed by atoms with van der Waals surface area (Å²) in [6.07, 6.45) is 1.31. The van der Waals surface area contributed by atoms with Crippen LogP contribution in [0.2, 0.25) is 0 Å². The highest BCUT2D eigenvalue weighted by molar-refractivity contribution is 6.01. The number of hydrogen-bond acceptors (Lipinski definition) is 3. The third kappa shape index (κ3) is 3.91. The number of methoxy groups -OCH3 is 1. The van der Waals surface area contributed by atoms with Gasteiger partial charge in [0.15, 0.2) is 5.78 Å². The van der Waals surface area contributed by atoms with Crippen molar-refractivity contribution in [1.29, 1.82) is 0 Å². The molecule has 3 nitrogen and oxygen atoms in total. The number of ketones is 1. The van der Waals surface area contributed by atoms with Crippen LogP contribution in [-0.4, -0.2) is 25.5 Å². The molecule has 1 atom stereocenters. The van der Waals surface area contributed by atoms with Crippen molar-refractivity contribution in [2.45, 2.75) is 25.8 Å². The Bertz CT molecular complexity index is 393. The minimum absolute atomic E-state index is 0.140. The van der Waals surface area contributed by atoms with E-state index in [-0.39, 0.29) is 11.6 Å². The summed E-state index contributed by atoms with van der Waals surface area (Å²) >= 11 is 0. The Morgan fingerprint density at radius 3 is 2.82 bits per heavy atom. The first-order valence-electron chi connectivity index (χ1n) is 5.61. The van der Waals surface area contributed by atoms with Crippen LogP contribution in [0.1, 0.15) is 28.8 Å². The third-order valence-electron chi connectivity index (χ3n) is 2.65. The zero-order valence-electron chi connectivity index (χ0n) is 10.2. The number of carbonyl (C=O) groups is 1. The maximum Gasteiger partial charge on any atom is 0.179 e. The molecule has 1 aromatic carbocycles. The number of carbonyl (C=O) groups excluding carboxylic acids is 1. The molecule has 1 unspecified atom stereocenters. The van der Waals surface area contributed by atoms with E-state index in [9.17, 15) is 9.18 Å². The van der Waals surface area contributed by atoms with Gasteiger partial charge >= 0.3 is 0 Å². The molecule has 1 rings (SSSR count). The monoisotopic (exact) mass is 239 g/mol. The number of aryl methyl sites for hydroxylation is 1. The Balaban J connectivity index is 2.68. The number of rotatable bonds is 6. The van der Waals surface area contributed by atoms with Crippen LogP contribution < -0.4 is 5.73 Å². The van der Waals surface area contributed by atoms with E-state index in [1.54, 1.807) is 14.0 Å². The highest BCUT2D eigenvalue weighted by Crippen LogP contribution is 2.13. The van der Waals surface area contributed by atoms with E-state index in [2.05, 4.69) is 0 Å². The second kappa shape index (κ2) is 6.47. The van der Waals surface area contributed by atoms with E-state index >= 15 is 0 Å². The summed E-state index contributed by atoms with van der Waals surface area (Å²) in [5.41, 5.74) is 6.92. The average Bonchev–Trinajstić information content (AvgIpc) is 2.28. The molecule has 0 aliphatic carbocycles. The van der Waals surface area contributed by atoms with Crippen molar-refractivity contribution in [3.8, 4) is 0 Å². The van der Waals surface area contributed by atoms with Gasteiger partial charge in [0, 0.05) is 19.3 Å². The lowest BCUT2D eigenvalue weighted by molar-refractivity contribution is 0.0950. The molecule has 0 spiro atoms. The van der Waals surface area contributed by atoms with Crippen molar-refractivity contribution >= 4 is 5.78 Å². The van der Waals surface area contributed by atoms with E-state index in [1.165, 1.54) is 18.2 Å². The van der Waals surface area contributed by atoms with Crippen LogP contribution in [-0.2, 0) is 4.74 Å². The summed E-state index contributed by atoms with van der Waals surface area (Å²) in [5.74, 6) is -0.481. The molecule has 0 saturated heterocycles. The minimum atomic E-state index is -0.547. The van der Waals surface area contributed by atoms with Crippen molar-refractivity contribution in [1.82, 2.24) is 0 Å². The van der Waals surface area contributed by atoms with Crippen molar-refractivity contribution < 1.29 is 13.9 Å². The fraction of sp³-hybridized carbons (Fsp3) is 0.462. The first-order valence-corrected chi connectivity index (χ1v) is 5.61. The van der Waals surface area contributed by atoms with Crippen LogP contribution in [0.15, 0.2) is 18.2 Å². The number of hydrogen-bond donors (Lipinski definition) is 1. The Kier molecular flexibility index (Phi) is 5.25. The topological polar surface area (TPSA) is 52.3 Å². The van der Waals surface area contributed by atoms with E-state index in [1.807, 2.05) is 0 Å². The van der Waals surface area contributed by atoms with Crippen molar-refractivity contribution in [2.75, 3.05) is 13.7 Å². The quantitative estimate of drug-likeness (QED) is 0.610. The van der Waals surface area contributed by atoms with Crippen LogP contribution in [0.5, 0.6) is 0 Å². The standard InChI is InChI=1S/C13H18FNO2/c1-9-8-10(14)5-6-11(9)13(16)12(15)4-3-7-17-2/h5-6,8,12H,3-4,7,15H2,1-2H3. The first-order chi connectivity index (χ1) is 8.06. The van der Waals surface area contributed by atoms with E-state index in [0.717, 1.165) is 6.42 Å². The van der Waals surface area contributed by atoms with Gasteiger partial charge in [0.05, 0.1) is 6.04 Å². The Morgan fingerprint density at radius 2 is 2.24 bits per heavy atom. The van der Waals surface area contributed by atoms with Gasteiger partial charge in [-0.25, -0.2) is 4.39 Å². The number of ether oxygens (including phenoxy) is 1. The average molecular weight is 239 g/mol. The molecule has 0 heterocycles. The maximum atomic E-state index is 12.9. The molecular formula is C13H18FNO2. The van der Waals surface area contributed by atoms with Gasteiger partial charge in [-0.15, -0.1) is 0 Å². The van der Waals surface area contributed by atoms with Crippen LogP contribution in [0, 0.1) is 12.7 Å². The fourth-order valence-corrected chi connectivity index (χ4v) is 1.68. The summed E-state index contributed by atoms with van der Waals surface area (Å²) in [6.45, 7) is 2.29. The van der Waals surface area contributed by atoms with Gasteiger partial charge in [0.2, 0.25) is 0 Å². The Morgan fingerprint density at radius 1 is 1.53 bits per heavy atom. The summed E-state index contributed by atoms with van der Waals surface area (Å²) in [4.78, 5) is 12.0. The molecule has 1 aromatic rings. The summed E-state index contributed by atoms with van der Waals surface area (Å²) in [5, 5.41) is 0. The number of benzene rings is 1. The molecule has 0 aromatic heterocycles. The summed E-state index contributed by atoms with van der Waals surface area (Å²) < 4.78 is 17.8. The highest BCUT2D eigenvalue weighted by atomic mass is 19.1. The smallest absolute Gasteiger partial charge is 0.179 e. The molecule has 17 heavy (non-hydrogen) atoms. The largest absolute Gasteiger partial charge is 0.385 e. The lowest BCUT2D eigenvalue weighted by atomic mass is 9.97.